The maximum atomic E-state index is 11.5. The van der Waals surface area contributed by atoms with Gasteiger partial charge in [-0.05, 0) is 12.8 Å². The van der Waals surface area contributed by atoms with Gasteiger partial charge in [0.15, 0.2) is 0 Å². The van der Waals surface area contributed by atoms with Crippen molar-refractivity contribution in [3.63, 3.8) is 0 Å². The lowest BCUT2D eigenvalue weighted by atomic mass is 10.0. The molecule has 0 unspecified atom stereocenters. The van der Waals surface area contributed by atoms with Crippen LogP contribution < -0.4 is 4.72 Å². The van der Waals surface area contributed by atoms with E-state index in [1.54, 1.807) is 13.8 Å². The second kappa shape index (κ2) is 6.00. The fourth-order valence-corrected chi connectivity index (χ4v) is 2.66. The normalized spacial score (nSPS) is 15.4. The molecular weight excluding hydrogens is 230 g/mol. The van der Waals surface area contributed by atoms with E-state index in [1.807, 2.05) is 6.92 Å². The van der Waals surface area contributed by atoms with Crippen molar-refractivity contribution in [3.05, 3.63) is 12.2 Å². The van der Waals surface area contributed by atoms with Crippen LogP contribution in [0.5, 0.6) is 0 Å². The van der Waals surface area contributed by atoms with Crippen LogP contribution in [-0.4, -0.2) is 31.3 Å². The first-order valence-electron chi connectivity index (χ1n) is 5.06. The molecule has 0 saturated heterocycles. The van der Waals surface area contributed by atoms with Crippen LogP contribution in [0.1, 0.15) is 27.2 Å². The molecule has 0 radical (unpaired) electrons. The number of rotatable bonds is 7. The van der Waals surface area contributed by atoms with Crippen molar-refractivity contribution in [1.29, 1.82) is 0 Å². The van der Waals surface area contributed by atoms with Gasteiger partial charge in [-0.15, -0.1) is 0 Å². The molecule has 0 heterocycles. The Bertz CT molecular complexity index is 361. The second-order valence-electron chi connectivity index (χ2n) is 4.04. The molecule has 0 aliphatic rings. The quantitative estimate of drug-likeness (QED) is 0.659. The third-order valence-corrected chi connectivity index (χ3v) is 3.71. The van der Waals surface area contributed by atoms with E-state index in [-0.39, 0.29) is 11.7 Å². The monoisotopic (exact) mass is 249 g/mol. The summed E-state index contributed by atoms with van der Waals surface area (Å²) in [7, 11) is -3.61. The first-order chi connectivity index (χ1) is 7.19. The molecule has 0 rings (SSSR count). The van der Waals surface area contributed by atoms with E-state index in [4.69, 9.17) is 5.11 Å². The number of carboxylic acid groups (broad SMARTS) is 1. The first-order valence-corrected chi connectivity index (χ1v) is 6.72. The van der Waals surface area contributed by atoms with Crippen LogP contribution in [0.25, 0.3) is 0 Å². The zero-order valence-corrected chi connectivity index (χ0v) is 10.7. The number of aliphatic carboxylic acids is 1. The first kappa shape index (κ1) is 15.1. The van der Waals surface area contributed by atoms with Gasteiger partial charge in [0.25, 0.3) is 0 Å². The molecule has 0 aromatic heterocycles. The van der Waals surface area contributed by atoms with Crippen molar-refractivity contribution < 1.29 is 18.3 Å². The highest BCUT2D eigenvalue weighted by Crippen LogP contribution is 2.10. The summed E-state index contributed by atoms with van der Waals surface area (Å²) in [5, 5.41) is 8.92. The Morgan fingerprint density at radius 1 is 1.50 bits per heavy atom. The Morgan fingerprint density at radius 3 is 2.31 bits per heavy atom. The summed E-state index contributed by atoms with van der Waals surface area (Å²) in [5.41, 5.74) is 0.473. The molecule has 6 heteroatoms. The van der Waals surface area contributed by atoms with E-state index in [1.165, 1.54) is 0 Å². The number of sulfonamides is 1. The largest absolute Gasteiger partial charge is 0.480 e. The fourth-order valence-electron chi connectivity index (χ4n) is 1.21. The molecule has 0 aromatic rings. The minimum atomic E-state index is -3.61. The number of carboxylic acids is 1. The highest BCUT2D eigenvalue weighted by atomic mass is 32.2. The molecule has 16 heavy (non-hydrogen) atoms. The second-order valence-corrected chi connectivity index (χ2v) is 5.79. The highest BCUT2D eigenvalue weighted by molar-refractivity contribution is 7.89. The molecule has 0 amide bonds. The third-order valence-electron chi connectivity index (χ3n) is 2.22. The standard InChI is InChI=1S/C10H19NO4S/c1-5-8(4)9(10(12)13)11-16(14,15)6-7(2)3/h8-9,11H,2,5-6H2,1,3-4H3,(H,12,13)/t8-,9-/m0/s1. The number of hydrogen-bond donors (Lipinski definition) is 2. The van der Waals surface area contributed by atoms with E-state index >= 15 is 0 Å². The molecule has 94 valence electrons. The van der Waals surface area contributed by atoms with Crippen LogP contribution in [0, 0.1) is 5.92 Å². The Hall–Kier alpha value is -0.880. The minimum Gasteiger partial charge on any atom is -0.480 e. The molecule has 0 spiro atoms. The highest BCUT2D eigenvalue weighted by Gasteiger charge is 2.28. The van der Waals surface area contributed by atoms with Crippen molar-refractivity contribution in [2.45, 2.75) is 33.2 Å². The molecule has 0 aliphatic heterocycles. The third kappa shape index (κ3) is 5.27. The summed E-state index contributed by atoms with van der Waals surface area (Å²) in [6.45, 7) is 8.58. The van der Waals surface area contributed by atoms with Crippen LogP contribution in [0.15, 0.2) is 12.2 Å². The summed E-state index contributed by atoms with van der Waals surface area (Å²) in [4.78, 5) is 10.9. The van der Waals surface area contributed by atoms with E-state index < -0.39 is 22.0 Å². The predicted molar refractivity (Wildman–Crippen MR) is 62.6 cm³/mol. The van der Waals surface area contributed by atoms with Crippen LogP contribution in [0.3, 0.4) is 0 Å². The van der Waals surface area contributed by atoms with Gasteiger partial charge in [0.1, 0.15) is 6.04 Å². The van der Waals surface area contributed by atoms with Gasteiger partial charge in [-0.25, -0.2) is 13.1 Å². The summed E-state index contributed by atoms with van der Waals surface area (Å²) in [6.07, 6.45) is 0.590. The maximum absolute atomic E-state index is 11.5. The molecule has 0 saturated carbocycles. The molecule has 2 atom stereocenters. The maximum Gasteiger partial charge on any atom is 0.322 e. The summed E-state index contributed by atoms with van der Waals surface area (Å²) in [6, 6.07) is -1.07. The van der Waals surface area contributed by atoms with Gasteiger partial charge in [-0.3, -0.25) is 4.79 Å². The van der Waals surface area contributed by atoms with Crippen LogP contribution in [0.2, 0.25) is 0 Å². The van der Waals surface area contributed by atoms with E-state index in [9.17, 15) is 13.2 Å². The Kier molecular flexibility index (Phi) is 5.67. The fraction of sp³-hybridized carbons (Fsp3) is 0.700. The van der Waals surface area contributed by atoms with Gasteiger partial charge in [0, 0.05) is 0 Å². The summed E-state index contributed by atoms with van der Waals surface area (Å²) < 4.78 is 25.3. The number of nitrogens with one attached hydrogen (secondary N) is 1. The topological polar surface area (TPSA) is 83.5 Å². The lowest BCUT2D eigenvalue weighted by Crippen LogP contribution is -2.45. The summed E-state index contributed by atoms with van der Waals surface area (Å²) in [5.74, 6) is -1.65. The molecule has 0 bridgehead atoms. The van der Waals surface area contributed by atoms with E-state index in [2.05, 4.69) is 11.3 Å². The SMILES string of the molecule is C=C(C)CS(=O)(=O)N[C@H](C(=O)O)[C@@H](C)CC. The average molecular weight is 249 g/mol. The van der Waals surface area contributed by atoms with Crippen LogP contribution in [0.4, 0.5) is 0 Å². The zero-order valence-electron chi connectivity index (χ0n) is 9.86. The van der Waals surface area contributed by atoms with Crippen molar-refractivity contribution in [1.82, 2.24) is 4.72 Å². The number of carbonyl (C=O) groups is 1. The predicted octanol–water partition coefficient (Wildman–Crippen LogP) is 0.981. The van der Waals surface area contributed by atoms with Crippen LogP contribution in [-0.2, 0) is 14.8 Å². The molecule has 2 N–H and O–H groups in total. The van der Waals surface area contributed by atoms with Gasteiger partial charge in [0.05, 0.1) is 5.75 Å². The van der Waals surface area contributed by atoms with Crippen molar-refractivity contribution in [2.75, 3.05) is 5.75 Å². The molecule has 0 fully saturated rings. The van der Waals surface area contributed by atoms with Crippen molar-refractivity contribution in [2.24, 2.45) is 5.92 Å². The molecule has 0 aliphatic carbocycles. The summed E-state index contributed by atoms with van der Waals surface area (Å²) >= 11 is 0. The molecular formula is C10H19NO4S. The van der Waals surface area contributed by atoms with E-state index in [0.717, 1.165) is 0 Å². The van der Waals surface area contributed by atoms with Crippen molar-refractivity contribution in [3.8, 4) is 0 Å². The number of hydrogen-bond acceptors (Lipinski definition) is 3. The Morgan fingerprint density at radius 2 is 2.00 bits per heavy atom. The van der Waals surface area contributed by atoms with E-state index in [0.29, 0.717) is 12.0 Å². The zero-order chi connectivity index (χ0) is 12.9. The lowest BCUT2D eigenvalue weighted by Gasteiger charge is -2.20. The van der Waals surface area contributed by atoms with Crippen molar-refractivity contribution >= 4 is 16.0 Å². The van der Waals surface area contributed by atoms with Gasteiger partial charge in [-0.1, -0.05) is 32.4 Å². The average Bonchev–Trinajstić information content (AvgIpc) is 2.10. The molecule has 5 nitrogen and oxygen atoms in total. The Balaban J connectivity index is 4.76. The Labute approximate surface area is 96.6 Å². The molecule has 0 aromatic carbocycles. The van der Waals surface area contributed by atoms with Gasteiger partial charge < -0.3 is 5.11 Å². The van der Waals surface area contributed by atoms with Gasteiger partial charge in [0.2, 0.25) is 10.0 Å². The van der Waals surface area contributed by atoms with Crippen LogP contribution >= 0.6 is 0 Å². The van der Waals surface area contributed by atoms with Gasteiger partial charge >= 0.3 is 5.97 Å². The van der Waals surface area contributed by atoms with Gasteiger partial charge in [-0.2, -0.15) is 0 Å². The minimum absolute atomic E-state index is 0.243. The smallest absolute Gasteiger partial charge is 0.322 e. The lowest BCUT2D eigenvalue weighted by molar-refractivity contribution is -0.140.